The van der Waals surface area contributed by atoms with Crippen molar-refractivity contribution >= 4 is 17.2 Å². The molecular formula is C18H16N2O2S. The van der Waals surface area contributed by atoms with Crippen molar-refractivity contribution in [2.75, 3.05) is 6.54 Å². The number of nitrogens with zero attached hydrogens (tertiary/aromatic N) is 2. The molecule has 0 radical (unpaired) electrons. The van der Waals surface area contributed by atoms with Gasteiger partial charge >= 0.3 is 0 Å². The fourth-order valence-corrected chi connectivity index (χ4v) is 3.59. The summed E-state index contributed by atoms with van der Waals surface area (Å²) in [6.07, 6.45) is 1.19. The van der Waals surface area contributed by atoms with E-state index in [2.05, 4.69) is 5.16 Å². The van der Waals surface area contributed by atoms with Crippen LogP contribution >= 0.6 is 11.3 Å². The molecule has 0 atom stereocenters. The van der Waals surface area contributed by atoms with Crippen LogP contribution in [0.25, 0.3) is 11.3 Å². The summed E-state index contributed by atoms with van der Waals surface area (Å²) in [5.74, 6) is 1.07. The van der Waals surface area contributed by atoms with Gasteiger partial charge < -0.3 is 9.42 Å². The van der Waals surface area contributed by atoms with Gasteiger partial charge in [-0.15, -0.1) is 0 Å². The molecule has 0 unspecified atom stereocenters. The maximum Gasteiger partial charge on any atom is 0.227 e. The summed E-state index contributed by atoms with van der Waals surface area (Å²) in [6, 6.07) is 12.0. The van der Waals surface area contributed by atoms with Crippen LogP contribution in [0.3, 0.4) is 0 Å². The standard InChI is InChI=1S/C18H16N2O2S/c21-17(10-13-7-9-23-12-13)20-8-6-16-15(11-20)18(19-22-16)14-4-2-1-3-5-14/h1-5,7,9,12H,6,8,10-11H2. The molecule has 4 rings (SSSR count). The van der Waals surface area contributed by atoms with Gasteiger partial charge in [-0.25, -0.2) is 0 Å². The Morgan fingerprint density at radius 3 is 2.91 bits per heavy atom. The molecule has 1 amide bonds. The Labute approximate surface area is 138 Å². The molecule has 116 valence electrons. The van der Waals surface area contributed by atoms with Gasteiger partial charge in [-0.05, 0) is 22.4 Å². The van der Waals surface area contributed by atoms with E-state index >= 15 is 0 Å². The number of hydrogen-bond donors (Lipinski definition) is 0. The van der Waals surface area contributed by atoms with Gasteiger partial charge in [0.25, 0.3) is 0 Å². The Kier molecular flexibility index (Phi) is 3.71. The molecule has 1 aliphatic heterocycles. The van der Waals surface area contributed by atoms with Crippen LogP contribution in [0.4, 0.5) is 0 Å². The summed E-state index contributed by atoms with van der Waals surface area (Å²) in [4.78, 5) is 14.4. The topological polar surface area (TPSA) is 46.3 Å². The number of hydrogen-bond acceptors (Lipinski definition) is 4. The molecule has 4 nitrogen and oxygen atoms in total. The van der Waals surface area contributed by atoms with Crippen LogP contribution in [0.15, 0.2) is 51.7 Å². The first kappa shape index (κ1) is 14.2. The third kappa shape index (κ3) is 2.80. The molecule has 3 heterocycles. The van der Waals surface area contributed by atoms with E-state index in [9.17, 15) is 4.79 Å². The summed E-state index contributed by atoms with van der Waals surface area (Å²) in [7, 11) is 0. The molecule has 0 saturated heterocycles. The monoisotopic (exact) mass is 324 g/mol. The quantitative estimate of drug-likeness (QED) is 0.740. The van der Waals surface area contributed by atoms with E-state index in [0.29, 0.717) is 19.5 Å². The third-order valence-electron chi connectivity index (χ3n) is 4.16. The van der Waals surface area contributed by atoms with Crippen LogP contribution in [-0.2, 0) is 24.2 Å². The molecule has 1 aromatic carbocycles. The summed E-state index contributed by atoms with van der Waals surface area (Å²) in [5.41, 5.74) is 4.01. The number of carbonyl (C=O) groups excluding carboxylic acids is 1. The van der Waals surface area contributed by atoms with Crippen molar-refractivity contribution in [2.24, 2.45) is 0 Å². The lowest BCUT2D eigenvalue weighted by Gasteiger charge is -2.26. The summed E-state index contributed by atoms with van der Waals surface area (Å²) < 4.78 is 5.49. The highest BCUT2D eigenvalue weighted by Gasteiger charge is 2.27. The van der Waals surface area contributed by atoms with Gasteiger partial charge in [0.05, 0.1) is 13.0 Å². The zero-order valence-electron chi connectivity index (χ0n) is 12.6. The van der Waals surface area contributed by atoms with Crippen LogP contribution in [-0.4, -0.2) is 22.5 Å². The fourth-order valence-electron chi connectivity index (χ4n) is 2.92. The minimum absolute atomic E-state index is 0.161. The van der Waals surface area contributed by atoms with Crippen LogP contribution in [0.1, 0.15) is 16.9 Å². The van der Waals surface area contributed by atoms with Crippen molar-refractivity contribution in [3.8, 4) is 11.3 Å². The van der Waals surface area contributed by atoms with E-state index in [1.165, 1.54) is 0 Å². The van der Waals surface area contributed by atoms with Crippen molar-refractivity contribution in [3.63, 3.8) is 0 Å². The van der Waals surface area contributed by atoms with Gasteiger partial charge in [-0.3, -0.25) is 4.79 Å². The van der Waals surface area contributed by atoms with E-state index in [1.54, 1.807) is 11.3 Å². The lowest BCUT2D eigenvalue weighted by atomic mass is 10.0. The molecule has 23 heavy (non-hydrogen) atoms. The Morgan fingerprint density at radius 1 is 1.26 bits per heavy atom. The average Bonchev–Trinajstić information content (AvgIpc) is 3.24. The van der Waals surface area contributed by atoms with Crippen molar-refractivity contribution < 1.29 is 9.32 Å². The fraction of sp³-hybridized carbons (Fsp3) is 0.222. The lowest BCUT2D eigenvalue weighted by molar-refractivity contribution is -0.131. The SMILES string of the molecule is O=C(Cc1ccsc1)N1CCc2onc(-c3ccccc3)c2C1. The molecule has 0 spiro atoms. The van der Waals surface area contributed by atoms with Crippen molar-refractivity contribution in [3.05, 3.63) is 64.0 Å². The van der Waals surface area contributed by atoms with Gasteiger partial charge in [0, 0.05) is 24.1 Å². The van der Waals surface area contributed by atoms with Gasteiger partial charge in [-0.2, -0.15) is 11.3 Å². The molecular weight excluding hydrogens is 308 g/mol. The molecule has 2 aromatic heterocycles. The number of aromatic nitrogens is 1. The van der Waals surface area contributed by atoms with Crippen molar-refractivity contribution in [1.82, 2.24) is 10.1 Å². The number of benzene rings is 1. The maximum absolute atomic E-state index is 12.5. The average molecular weight is 324 g/mol. The van der Waals surface area contributed by atoms with Gasteiger partial charge in [0.1, 0.15) is 11.5 Å². The zero-order valence-corrected chi connectivity index (χ0v) is 13.4. The largest absolute Gasteiger partial charge is 0.360 e. The first-order chi connectivity index (χ1) is 11.3. The molecule has 0 bridgehead atoms. The predicted octanol–water partition coefficient (Wildman–Crippen LogP) is 3.53. The van der Waals surface area contributed by atoms with Crippen LogP contribution in [0.2, 0.25) is 0 Å². The number of fused-ring (bicyclic) bond motifs is 1. The summed E-state index contributed by atoms with van der Waals surface area (Å²) >= 11 is 1.62. The third-order valence-corrected chi connectivity index (χ3v) is 4.89. The second-order valence-electron chi connectivity index (χ2n) is 5.67. The number of rotatable bonds is 3. The molecule has 0 saturated carbocycles. The smallest absolute Gasteiger partial charge is 0.227 e. The maximum atomic E-state index is 12.5. The molecule has 1 aliphatic rings. The zero-order chi connectivity index (χ0) is 15.6. The van der Waals surface area contributed by atoms with E-state index in [4.69, 9.17) is 4.52 Å². The molecule has 0 aliphatic carbocycles. The first-order valence-corrected chi connectivity index (χ1v) is 8.57. The second kappa shape index (κ2) is 6.01. The highest BCUT2D eigenvalue weighted by molar-refractivity contribution is 7.08. The van der Waals surface area contributed by atoms with Crippen LogP contribution in [0.5, 0.6) is 0 Å². The summed E-state index contributed by atoms with van der Waals surface area (Å²) in [6.45, 7) is 1.27. The Morgan fingerprint density at radius 2 is 2.13 bits per heavy atom. The Bertz CT molecular complexity index is 809. The van der Waals surface area contributed by atoms with Gasteiger partial charge in [0.2, 0.25) is 5.91 Å². The van der Waals surface area contributed by atoms with Crippen molar-refractivity contribution in [2.45, 2.75) is 19.4 Å². The van der Waals surface area contributed by atoms with E-state index < -0.39 is 0 Å². The number of carbonyl (C=O) groups is 1. The highest BCUT2D eigenvalue weighted by Crippen LogP contribution is 2.30. The van der Waals surface area contributed by atoms with Gasteiger partial charge in [-0.1, -0.05) is 35.5 Å². The number of amides is 1. The Balaban J connectivity index is 1.57. The normalized spacial score (nSPS) is 13.8. The minimum atomic E-state index is 0.161. The van der Waals surface area contributed by atoms with Crippen LogP contribution in [0, 0.1) is 0 Å². The van der Waals surface area contributed by atoms with Gasteiger partial charge in [0.15, 0.2) is 0 Å². The first-order valence-electron chi connectivity index (χ1n) is 7.63. The van der Waals surface area contributed by atoms with E-state index in [1.807, 2.05) is 52.1 Å². The molecule has 3 aromatic rings. The molecule has 0 N–H and O–H groups in total. The predicted molar refractivity (Wildman–Crippen MR) is 89.1 cm³/mol. The Hall–Kier alpha value is -2.40. The summed E-state index contributed by atoms with van der Waals surface area (Å²) in [5, 5.41) is 8.26. The van der Waals surface area contributed by atoms with Crippen LogP contribution < -0.4 is 0 Å². The molecule has 5 heteroatoms. The van der Waals surface area contributed by atoms with Crippen molar-refractivity contribution in [1.29, 1.82) is 0 Å². The number of thiophene rings is 1. The minimum Gasteiger partial charge on any atom is -0.360 e. The highest BCUT2D eigenvalue weighted by atomic mass is 32.1. The molecule has 0 fully saturated rings. The lowest BCUT2D eigenvalue weighted by Crippen LogP contribution is -2.36. The van der Waals surface area contributed by atoms with E-state index in [0.717, 1.165) is 34.6 Å². The second-order valence-corrected chi connectivity index (χ2v) is 6.45. The van der Waals surface area contributed by atoms with E-state index in [-0.39, 0.29) is 5.91 Å².